The van der Waals surface area contributed by atoms with E-state index < -0.39 is 5.54 Å². The van der Waals surface area contributed by atoms with E-state index in [0.717, 1.165) is 50.6 Å². The third-order valence-electron chi connectivity index (χ3n) is 6.09. The summed E-state index contributed by atoms with van der Waals surface area (Å²) >= 11 is 0. The van der Waals surface area contributed by atoms with Crippen LogP contribution in [0.1, 0.15) is 48.9 Å². The molecule has 3 aliphatic rings. The van der Waals surface area contributed by atoms with Gasteiger partial charge in [0.05, 0.1) is 11.0 Å². The van der Waals surface area contributed by atoms with Gasteiger partial charge in [-0.3, -0.25) is 19.6 Å². The lowest BCUT2D eigenvalue weighted by Gasteiger charge is -2.44. The first-order valence-electron chi connectivity index (χ1n) is 9.53. The van der Waals surface area contributed by atoms with Crippen LogP contribution in [0.4, 0.5) is 0 Å². The Kier molecular flexibility index (Phi) is 3.48. The quantitative estimate of drug-likeness (QED) is 0.834. The van der Waals surface area contributed by atoms with Gasteiger partial charge in [-0.05, 0) is 56.7 Å². The number of piperidine rings is 1. The second-order valence-corrected chi connectivity index (χ2v) is 7.69. The van der Waals surface area contributed by atoms with Crippen molar-refractivity contribution in [1.29, 1.82) is 0 Å². The summed E-state index contributed by atoms with van der Waals surface area (Å²) in [5, 5.41) is 0. The molecule has 6 heteroatoms. The molecule has 26 heavy (non-hydrogen) atoms. The fourth-order valence-electron chi connectivity index (χ4n) is 4.66. The maximum atomic E-state index is 13.3. The average molecular weight is 350 g/mol. The third-order valence-corrected chi connectivity index (χ3v) is 6.09. The molecule has 3 heterocycles. The Morgan fingerprint density at radius 2 is 1.77 bits per heavy atom. The summed E-state index contributed by atoms with van der Waals surface area (Å²) in [4.78, 5) is 39.1. The zero-order chi connectivity index (χ0) is 17.7. The second-order valence-electron chi connectivity index (χ2n) is 7.69. The minimum absolute atomic E-state index is 0.0546. The van der Waals surface area contributed by atoms with E-state index in [-0.39, 0.29) is 11.8 Å². The number of benzene rings is 1. The molecule has 2 amide bonds. The average Bonchev–Trinajstić information content (AvgIpc) is 3.43. The van der Waals surface area contributed by atoms with E-state index in [9.17, 15) is 9.59 Å². The van der Waals surface area contributed by atoms with Crippen LogP contribution in [0.25, 0.3) is 11.0 Å². The number of likely N-dealkylation sites (tertiary alicyclic amines) is 2. The smallest absolute Gasteiger partial charge is 0.254 e. The largest absolute Gasteiger partial charge is 0.338 e. The SMILES string of the molecule is O=C(c1ccc2nccnc2c1)N1CCCC12CCCN(C1CC1)C2=O. The molecule has 0 N–H and O–H groups in total. The van der Waals surface area contributed by atoms with Gasteiger partial charge in [-0.2, -0.15) is 0 Å². The summed E-state index contributed by atoms with van der Waals surface area (Å²) < 4.78 is 0. The van der Waals surface area contributed by atoms with Crippen molar-refractivity contribution in [2.24, 2.45) is 0 Å². The molecule has 1 unspecified atom stereocenters. The van der Waals surface area contributed by atoms with Crippen LogP contribution in [0.5, 0.6) is 0 Å². The van der Waals surface area contributed by atoms with E-state index in [1.165, 1.54) is 0 Å². The van der Waals surface area contributed by atoms with Gasteiger partial charge < -0.3 is 9.80 Å². The van der Waals surface area contributed by atoms with Gasteiger partial charge >= 0.3 is 0 Å². The molecule has 1 spiro atoms. The molecule has 2 aliphatic heterocycles. The van der Waals surface area contributed by atoms with Crippen LogP contribution in [0.15, 0.2) is 30.6 Å². The summed E-state index contributed by atoms with van der Waals surface area (Å²) in [6, 6.07) is 5.84. The monoisotopic (exact) mass is 350 g/mol. The highest BCUT2D eigenvalue weighted by molar-refractivity contribution is 6.01. The van der Waals surface area contributed by atoms with Crippen LogP contribution in [0.3, 0.4) is 0 Å². The van der Waals surface area contributed by atoms with Gasteiger partial charge in [0.2, 0.25) is 5.91 Å². The fourth-order valence-corrected chi connectivity index (χ4v) is 4.66. The first-order chi connectivity index (χ1) is 12.7. The van der Waals surface area contributed by atoms with Gasteiger partial charge in [0, 0.05) is 37.1 Å². The molecule has 1 saturated carbocycles. The Balaban J connectivity index is 1.49. The van der Waals surface area contributed by atoms with Crippen molar-refractivity contribution < 1.29 is 9.59 Å². The first kappa shape index (κ1) is 15.7. The molecule has 3 fully saturated rings. The lowest BCUT2D eigenvalue weighted by Crippen LogP contribution is -2.61. The lowest BCUT2D eigenvalue weighted by atomic mass is 9.85. The van der Waals surface area contributed by atoms with Crippen LogP contribution in [0, 0.1) is 0 Å². The number of rotatable bonds is 2. The number of nitrogens with zero attached hydrogens (tertiary/aromatic N) is 4. The molecule has 1 aromatic carbocycles. The van der Waals surface area contributed by atoms with Crippen LogP contribution >= 0.6 is 0 Å². The molecule has 0 radical (unpaired) electrons. The summed E-state index contributed by atoms with van der Waals surface area (Å²) in [6.45, 7) is 1.50. The maximum Gasteiger partial charge on any atom is 0.254 e. The number of hydrogen-bond donors (Lipinski definition) is 0. The third kappa shape index (κ3) is 2.31. The molecule has 2 saturated heterocycles. The molecule has 134 valence electrons. The van der Waals surface area contributed by atoms with Gasteiger partial charge in [-0.25, -0.2) is 0 Å². The Morgan fingerprint density at radius 1 is 1.04 bits per heavy atom. The minimum atomic E-state index is -0.630. The number of amides is 2. The van der Waals surface area contributed by atoms with Crippen molar-refractivity contribution in [2.75, 3.05) is 13.1 Å². The molecular formula is C20H22N4O2. The van der Waals surface area contributed by atoms with E-state index in [1.54, 1.807) is 24.5 Å². The Bertz CT molecular complexity index is 894. The molecular weight excluding hydrogens is 328 g/mol. The van der Waals surface area contributed by atoms with Crippen molar-refractivity contribution in [3.8, 4) is 0 Å². The summed E-state index contributed by atoms with van der Waals surface area (Å²) in [6.07, 6.45) is 8.94. The number of fused-ring (bicyclic) bond motifs is 1. The van der Waals surface area contributed by atoms with Crippen LogP contribution in [-0.2, 0) is 4.79 Å². The Morgan fingerprint density at radius 3 is 2.54 bits per heavy atom. The van der Waals surface area contributed by atoms with Gasteiger partial charge in [0.1, 0.15) is 5.54 Å². The number of aromatic nitrogens is 2. The summed E-state index contributed by atoms with van der Waals surface area (Å²) in [7, 11) is 0. The highest BCUT2D eigenvalue weighted by Gasteiger charge is 2.54. The van der Waals surface area contributed by atoms with Gasteiger partial charge in [0.15, 0.2) is 0 Å². The molecule has 1 aliphatic carbocycles. The van der Waals surface area contributed by atoms with Crippen molar-refractivity contribution >= 4 is 22.8 Å². The zero-order valence-corrected chi connectivity index (χ0v) is 14.7. The molecule has 2 aromatic rings. The Hall–Kier alpha value is -2.50. The van der Waals surface area contributed by atoms with E-state index in [4.69, 9.17) is 0 Å². The van der Waals surface area contributed by atoms with Crippen LogP contribution < -0.4 is 0 Å². The molecule has 6 nitrogen and oxygen atoms in total. The van der Waals surface area contributed by atoms with Gasteiger partial charge in [-0.1, -0.05) is 0 Å². The number of hydrogen-bond acceptors (Lipinski definition) is 4. The van der Waals surface area contributed by atoms with E-state index in [1.807, 2.05) is 15.9 Å². The topological polar surface area (TPSA) is 66.4 Å². The minimum Gasteiger partial charge on any atom is -0.338 e. The second kappa shape index (κ2) is 5.76. The predicted molar refractivity (Wildman–Crippen MR) is 96.5 cm³/mol. The molecule has 5 rings (SSSR count). The van der Waals surface area contributed by atoms with Crippen LogP contribution in [-0.4, -0.2) is 56.3 Å². The van der Waals surface area contributed by atoms with E-state index in [2.05, 4.69) is 9.97 Å². The number of carbonyl (C=O) groups is 2. The fraction of sp³-hybridized carbons (Fsp3) is 0.500. The number of carbonyl (C=O) groups excluding carboxylic acids is 2. The standard InChI is InChI=1S/C20H22N4O2/c25-18(14-3-6-16-17(13-14)22-10-9-21-16)24-12-2-8-20(24)7-1-11-23(19(20)26)15-4-5-15/h3,6,9-10,13,15H,1-2,4-5,7-8,11-12H2. The highest BCUT2D eigenvalue weighted by Crippen LogP contribution is 2.42. The normalized spacial score (nSPS) is 26.1. The van der Waals surface area contributed by atoms with Crippen molar-refractivity contribution in [3.05, 3.63) is 36.2 Å². The van der Waals surface area contributed by atoms with Gasteiger partial charge in [-0.15, -0.1) is 0 Å². The summed E-state index contributed by atoms with van der Waals surface area (Å²) in [5.41, 5.74) is 1.44. The lowest BCUT2D eigenvalue weighted by molar-refractivity contribution is -0.146. The van der Waals surface area contributed by atoms with Crippen molar-refractivity contribution in [2.45, 2.75) is 50.1 Å². The van der Waals surface area contributed by atoms with E-state index >= 15 is 0 Å². The van der Waals surface area contributed by atoms with Crippen molar-refractivity contribution in [1.82, 2.24) is 19.8 Å². The highest BCUT2D eigenvalue weighted by atomic mass is 16.2. The zero-order valence-electron chi connectivity index (χ0n) is 14.7. The Labute approximate surface area is 152 Å². The predicted octanol–water partition coefficient (Wildman–Crippen LogP) is 2.39. The van der Waals surface area contributed by atoms with Crippen LogP contribution in [0.2, 0.25) is 0 Å². The van der Waals surface area contributed by atoms with Gasteiger partial charge in [0.25, 0.3) is 5.91 Å². The maximum absolute atomic E-state index is 13.3. The molecule has 0 bridgehead atoms. The summed E-state index contributed by atoms with van der Waals surface area (Å²) in [5.74, 6) is 0.124. The first-order valence-corrected chi connectivity index (χ1v) is 9.53. The van der Waals surface area contributed by atoms with Crippen molar-refractivity contribution in [3.63, 3.8) is 0 Å². The van der Waals surface area contributed by atoms with E-state index in [0.29, 0.717) is 23.7 Å². The molecule has 1 aromatic heterocycles. The molecule has 1 atom stereocenters.